The first-order valence-electron chi connectivity index (χ1n) is 6.02. The number of fused-ring (bicyclic) bond motifs is 1. The van der Waals surface area contributed by atoms with Crippen LogP contribution < -0.4 is 5.32 Å². The van der Waals surface area contributed by atoms with Gasteiger partial charge in [-0.2, -0.15) is 0 Å². The van der Waals surface area contributed by atoms with E-state index < -0.39 is 0 Å². The van der Waals surface area contributed by atoms with E-state index >= 15 is 0 Å². The number of halogens is 1. The van der Waals surface area contributed by atoms with Gasteiger partial charge in [0.05, 0.1) is 0 Å². The van der Waals surface area contributed by atoms with Crippen molar-refractivity contribution in [3.63, 3.8) is 0 Å². The zero-order valence-electron chi connectivity index (χ0n) is 9.74. The van der Waals surface area contributed by atoms with Crippen molar-refractivity contribution in [3.05, 3.63) is 29.9 Å². The van der Waals surface area contributed by atoms with Gasteiger partial charge in [-0.3, -0.25) is 0 Å². The van der Waals surface area contributed by atoms with E-state index in [9.17, 15) is 4.39 Å². The van der Waals surface area contributed by atoms with E-state index in [1.54, 1.807) is 6.07 Å². The molecule has 3 nitrogen and oxygen atoms in total. The lowest BCUT2D eigenvalue weighted by Crippen LogP contribution is -2.34. The Morgan fingerprint density at radius 3 is 3.18 bits per heavy atom. The molecule has 17 heavy (non-hydrogen) atoms. The van der Waals surface area contributed by atoms with Crippen molar-refractivity contribution in [2.45, 2.75) is 31.7 Å². The second-order valence-corrected chi connectivity index (χ2v) is 4.74. The number of rotatable bonds is 1. The summed E-state index contributed by atoms with van der Waals surface area (Å²) in [7, 11) is 0. The van der Waals surface area contributed by atoms with Crippen LogP contribution in [-0.4, -0.2) is 17.6 Å². The maximum absolute atomic E-state index is 13.1. The average molecular weight is 234 g/mol. The van der Waals surface area contributed by atoms with Crippen LogP contribution in [0, 0.1) is 5.82 Å². The normalized spacial score (nSPS) is 25.3. The number of oxazole rings is 1. The fourth-order valence-electron chi connectivity index (χ4n) is 2.45. The molecule has 2 atom stereocenters. The summed E-state index contributed by atoms with van der Waals surface area (Å²) < 4.78 is 18.7. The molecule has 0 aliphatic carbocycles. The van der Waals surface area contributed by atoms with Crippen molar-refractivity contribution in [1.82, 2.24) is 10.3 Å². The summed E-state index contributed by atoms with van der Waals surface area (Å²) in [5, 5.41) is 3.40. The summed E-state index contributed by atoms with van der Waals surface area (Å²) >= 11 is 0. The zero-order valence-corrected chi connectivity index (χ0v) is 9.74. The van der Waals surface area contributed by atoms with Crippen LogP contribution >= 0.6 is 0 Å². The lowest BCUT2D eigenvalue weighted by molar-refractivity contribution is 0.336. The Bertz CT molecular complexity index is 537. The highest BCUT2D eigenvalue weighted by Crippen LogP contribution is 2.29. The summed E-state index contributed by atoms with van der Waals surface area (Å²) in [6.07, 6.45) is 2.05. The first-order chi connectivity index (χ1) is 8.22. The molecule has 0 amide bonds. The molecule has 2 heterocycles. The van der Waals surface area contributed by atoms with Crippen molar-refractivity contribution in [2.75, 3.05) is 6.54 Å². The number of nitrogens with zero attached hydrogens (tertiary/aromatic N) is 1. The third kappa shape index (κ3) is 2.05. The standard InChI is InChI=1S/C13H15FN2O/c1-8-6-9(4-5-15-8)13-16-11-3-2-10(14)7-12(11)17-13/h2-3,7-9,15H,4-6H2,1H3. The Labute approximate surface area is 99.0 Å². The van der Waals surface area contributed by atoms with Gasteiger partial charge in [0.15, 0.2) is 11.5 Å². The van der Waals surface area contributed by atoms with Crippen LogP contribution in [0.5, 0.6) is 0 Å². The van der Waals surface area contributed by atoms with Crippen LogP contribution in [0.2, 0.25) is 0 Å². The predicted octanol–water partition coefficient (Wildman–Crippen LogP) is 2.82. The van der Waals surface area contributed by atoms with Crippen molar-refractivity contribution in [2.24, 2.45) is 0 Å². The summed E-state index contributed by atoms with van der Waals surface area (Å²) in [6.45, 7) is 3.15. The van der Waals surface area contributed by atoms with E-state index in [0.717, 1.165) is 30.8 Å². The Morgan fingerprint density at radius 2 is 2.35 bits per heavy atom. The number of nitrogens with one attached hydrogen (secondary N) is 1. The Morgan fingerprint density at radius 1 is 1.47 bits per heavy atom. The number of hydrogen-bond acceptors (Lipinski definition) is 3. The van der Waals surface area contributed by atoms with E-state index in [2.05, 4.69) is 17.2 Å². The molecular formula is C13H15FN2O. The molecule has 4 heteroatoms. The first kappa shape index (κ1) is 10.7. The summed E-state index contributed by atoms with van der Waals surface area (Å²) in [4.78, 5) is 4.45. The summed E-state index contributed by atoms with van der Waals surface area (Å²) in [5.41, 5.74) is 1.29. The highest BCUT2D eigenvalue weighted by molar-refractivity contribution is 5.72. The van der Waals surface area contributed by atoms with Crippen LogP contribution in [-0.2, 0) is 0 Å². The molecule has 1 saturated heterocycles. The van der Waals surface area contributed by atoms with Crippen LogP contribution in [0.3, 0.4) is 0 Å². The van der Waals surface area contributed by atoms with E-state index in [1.807, 2.05) is 0 Å². The van der Waals surface area contributed by atoms with Crippen LogP contribution in [0.15, 0.2) is 22.6 Å². The monoisotopic (exact) mass is 234 g/mol. The second kappa shape index (κ2) is 4.11. The molecule has 90 valence electrons. The third-order valence-electron chi connectivity index (χ3n) is 3.34. The van der Waals surface area contributed by atoms with Crippen LogP contribution in [0.1, 0.15) is 31.6 Å². The lowest BCUT2D eigenvalue weighted by atomic mass is 9.93. The van der Waals surface area contributed by atoms with Crippen LogP contribution in [0.25, 0.3) is 11.1 Å². The fourth-order valence-corrected chi connectivity index (χ4v) is 2.45. The quantitative estimate of drug-likeness (QED) is 0.824. The molecule has 1 aliphatic rings. The van der Waals surface area contributed by atoms with Crippen molar-refractivity contribution in [3.8, 4) is 0 Å². The lowest BCUT2D eigenvalue weighted by Gasteiger charge is -2.25. The smallest absolute Gasteiger partial charge is 0.198 e. The molecular weight excluding hydrogens is 219 g/mol. The predicted molar refractivity (Wildman–Crippen MR) is 63.4 cm³/mol. The highest BCUT2D eigenvalue weighted by Gasteiger charge is 2.24. The SMILES string of the molecule is CC1CC(c2nc3ccc(F)cc3o2)CCN1. The van der Waals surface area contributed by atoms with Gasteiger partial charge in [0.1, 0.15) is 11.3 Å². The Hall–Kier alpha value is -1.42. The van der Waals surface area contributed by atoms with E-state index in [1.165, 1.54) is 12.1 Å². The Kier molecular flexibility index (Phi) is 2.59. The maximum Gasteiger partial charge on any atom is 0.198 e. The zero-order chi connectivity index (χ0) is 11.8. The molecule has 0 bridgehead atoms. The van der Waals surface area contributed by atoms with E-state index in [0.29, 0.717) is 17.5 Å². The maximum atomic E-state index is 13.1. The van der Waals surface area contributed by atoms with Gasteiger partial charge in [0.2, 0.25) is 0 Å². The van der Waals surface area contributed by atoms with Gasteiger partial charge in [0.25, 0.3) is 0 Å². The molecule has 1 N–H and O–H groups in total. The fraction of sp³-hybridized carbons (Fsp3) is 0.462. The first-order valence-corrected chi connectivity index (χ1v) is 6.02. The molecule has 1 fully saturated rings. The summed E-state index contributed by atoms with van der Waals surface area (Å²) in [6, 6.07) is 4.97. The van der Waals surface area contributed by atoms with Crippen LogP contribution in [0.4, 0.5) is 4.39 Å². The van der Waals surface area contributed by atoms with E-state index in [-0.39, 0.29) is 5.82 Å². The molecule has 0 saturated carbocycles. The number of hydrogen-bond donors (Lipinski definition) is 1. The van der Waals surface area contributed by atoms with Gasteiger partial charge in [-0.1, -0.05) is 0 Å². The molecule has 2 aromatic rings. The summed E-state index contributed by atoms with van der Waals surface area (Å²) in [5.74, 6) is 0.819. The minimum atomic E-state index is -0.279. The van der Waals surface area contributed by atoms with Crippen molar-refractivity contribution < 1.29 is 8.81 Å². The van der Waals surface area contributed by atoms with Crippen molar-refractivity contribution in [1.29, 1.82) is 0 Å². The molecule has 0 spiro atoms. The molecule has 1 aliphatic heterocycles. The highest BCUT2D eigenvalue weighted by atomic mass is 19.1. The van der Waals surface area contributed by atoms with Gasteiger partial charge in [-0.05, 0) is 38.4 Å². The number of piperidine rings is 1. The van der Waals surface area contributed by atoms with Crippen molar-refractivity contribution >= 4 is 11.1 Å². The van der Waals surface area contributed by atoms with Gasteiger partial charge >= 0.3 is 0 Å². The molecule has 3 rings (SSSR count). The Balaban J connectivity index is 1.94. The minimum Gasteiger partial charge on any atom is -0.440 e. The molecule has 1 aromatic carbocycles. The topological polar surface area (TPSA) is 38.1 Å². The average Bonchev–Trinajstić information content (AvgIpc) is 2.72. The largest absolute Gasteiger partial charge is 0.440 e. The molecule has 1 aromatic heterocycles. The van der Waals surface area contributed by atoms with Gasteiger partial charge in [-0.15, -0.1) is 0 Å². The molecule has 0 radical (unpaired) electrons. The second-order valence-electron chi connectivity index (χ2n) is 4.74. The third-order valence-corrected chi connectivity index (χ3v) is 3.34. The van der Waals surface area contributed by atoms with E-state index in [4.69, 9.17) is 4.42 Å². The van der Waals surface area contributed by atoms with Gasteiger partial charge in [0, 0.05) is 18.0 Å². The number of benzene rings is 1. The molecule has 2 unspecified atom stereocenters. The van der Waals surface area contributed by atoms with Gasteiger partial charge < -0.3 is 9.73 Å². The van der Waals surface area contributed by atoms with Gasteiger partial charge in [-0.25, -0.2) is 9.37 Å². The minimum absolute atomic E-state index is 0.279. The number of aromatic nitrogens is 1.